The second kappa shape index (κ2) is 7.96. The van der Waals surface area contributed by atoms with Gasteiger partial charge in [-0.3, -0.25) is 5.32 Å². The lowest BCUT2D eigenvalue weighted by Gasteiger charge is -2.29. The highest BCUT2D eigenvalue weighted by atomic mass is 16.7. The van der Waals surface area contributed by atoms with E-state index in [9.17, 15) is 14.4 Å². The molecular formula is C21H19NO6. The molecule has 0 spiro atoms. The van der Waals surface area contributed by atoms with Crippen LogP contribution in [0.2, 0.25) is 0 Å². The molecular weight excluding hydrogens is 362 g/mol. The molecule has 3 rings (SSSR count). The van der Waals surface area contributed by atoms with Crippen molar-refractivity contribution >= 4 is 29.8 Å². The lowest BCUT2D eigenvalue weighted by atomic mass is 10.1. The van der Waals surface area contributed by atoms with E-state index in [0.29, 0.717) is 11.3 Å². The number of carbonyl (C=O) groups is 3. The van der Waals surface area contributed by atoms with Gasteiger partial charge in [0.1, 0.15) is 12.2 Å². The molecule has 1 heterocycles. The number of nitrogens with one attached hydrogen (secondary N) is 1. The van der Waals surface area contributed by atoms with Crippen LogP contribution in [-0.2, 0) is 30.4 Å². The Labute approximate surface area is 161 Å². The molecule has 0 bridgehead atoms. The lowest BCUT2D eigenvalue weighted by molar-refractivity contribution is -0.222. The van der Waals surface area contributed by atoms with E-state index in [1.807, 2.05) is 30.3 Å². The number of amides is 1. The number of anilines is 1. The summed E-state index contributed by atoms with van der Waals surface area (Å²) >= 11 is 0. The van der Waals surface area contributed by atoms with Crippen LogP contribution in [0.25, 0.3) is 6.08 Å². The molecule has 1 fully saturated rings. The summed E-state index contributed by atoms with van der Waals surface area (Å²) in [6.07, 6.45) is 0.786. The molecule has 1 aliphatic heterocycles. The number of carbonyl (C=O) groups excluding carboxylic acids is 3. The molecule has 0 aromatic heterocycles. The van der Waals surface area contributed by atoms with Gasteiger partial charge in [-0.2, -0.15) is 0 Å². The quantitative estimate of drug-likeness (QED) is 0.494. The predicted octanol–water partition coefficient (Wildman–Crippen LogP) is 3.65. The molecule has 1 N–H and O–H groups in total. The standard InChI is InChI=1S/C21H19NO6/c1-21(2)27-18(23)17(19(24)28-21)12-14-8-10-16(11-9-14)22-20(25)26-13-15-6-4-3-5-7-15/h3-12H,13H2,1-2H3,(H,22,25). The van der Waals surface area contributed by atoms with Gasteiger partial charge in [0.25, 0.3) is 5.79 Å². The van der Waals surface area contributed by atoms with Crippen LogP contribution in [0.3, 0.4) is 0 Å². The van der Waals surface area contributed by atoms with Crippen LogP contribution in [0, 0.1) is 0 Å². The average molecular weight is 381 g/mol. The Hall–Kier alpha value is -3.61. The molecule has 0 aliphatic carbocycles. The SMILES string of the molecule is CC1(C)OC(=O)C(=Cc2ccc(NC(=O)OCc3ccccc3)cc2)C(=O)O1. The molecule has 7 nitrogen and oxygen atoms in total. The van der Waals surface area contributed by atoms with Gasteiger partial charge in [0, 0.05) is 19.5 Å². The van der Waals surface area contributed by atoms with E-state index in [1.54, 1.807) is 24.3 Å². The van der Waals surface area contributed by atoms with Crippen molar-refractivity contribution in [2.24, 2.45) is 0 Å². The van der Waals surface area contributed by atoms with Crippen LogP contribution in [0.4, 0.5) is 10.5 Å². The van der Waals surface area contributed by atoms with Gasteiger partial charge in [0.15, 0.2) is 0 Å². The minimum Gasteiger partial charge on any atom is -0.444 e. The molecule has 1 aliphatic rings. The van der Waals surface area contributed by atoms with Crippen LogP contribution < -0.4 is 5.32 Å². The van der Waals surface area contributed by atoms with E-state index in [4.69, 9.17) is 14.2 Å². The second-order valence-electron chi connectivity index (χ2n) is 6.55. The molecule has 28 heavy (non-hydrogen) atoms. The third-order valence-electron chi connectivity index (χ3n) is 3.80. The van der Waals surface area contributed by atoms with Crippen LogP contribution in [0.15, 0.2) is 60.2 Å². The molecule has 0 radical (unpaired) electrons. The smallest absolute Gasteiger partial charge is 0.411 e. The molecule has 0 saturated carbocycles. The fourth-order valence-corrected chi connectivity index (χ4v) is 2.48. The van der Waals surface area contributed by atoms with Crippen LogP contribution in [0.1, 0.15) is 25.0 Å². The predicted molar refractivity (Wildman–Crippen MR) is 101 cm³/mol. The number of benzene rings is 2. The van der Waals surface area contributed by atoms with Crippen molar-refractivity contribution in [3.05, 3.63) is 71.3 Å². The highest BCUT2D eigenvalue weighted by Gasteiger charge is 2.38. The molecule has 1 saturated heterocycles. The Balaban J connectivity index is 1.60. The summed E-state index contributed by atoms with van der Waals surface area (Å²) < 4.78 is 15.2. The normalized spacial score (nSPS) is 15.3. The van der Waals surface area contributed by atoms with Crippen molar-refractivity contribution in [2.75, 3.05) is 5.32 Å². The van der Waals surface area contributed by atoms with Gasteiger partial charge in [-0.05, 0) is 29.3 Å². The number of cyclic esters (lactones) is 2. The molecule has 0 atom stereocenters. The number of esters is 2. The molecule has 2 aromatic rings. The van der Waals surface area contributed by atoms with Gasteiger partial charge in [0.2, 0.25) is 0 Å². The van der Waals surface area contributed by atoms with E-state index >= 15 is 0 Å². The van der Waals surface area contributed by atoms with E-state index in [2.05, 4.69) is 5.32 Å². The monoisotopic (exact) mass is 381 g/mol. The largest absolute Gasteiger partial charge is 0.444 e. The maximum Gasteiger partial charge on any atom is 0.411 e. The van der Waals surface area contributed by atoms with E-state index in [0.717, 1.165) is 5.56 Å². The van der Waals surface area contributed by atoms with Crippen LogP contribution in [0.5, 0.6) is 0 Å². The summed E-state index contributed by atoms with van der Waals surface area (Å²) in [6.45, 7) is 3.13. The minimum atomic E-state index is -1.28. The van der Waals surface area contributed by atoms with Gasteiger partial charge < -0.3 is 14.2 Å². The molecule has 144 valence electrons. The maximum atomic E-state index is 12.0. The third-order valence-corrected chi connectivity index (χ3v) is 3.80. The summed E-state index contributed by atoms with van der Waals surface area (Å²) in [6, 6.07) is 15.9. The molecule has 2 aromatic carbocycles. The summed E-state index contributed by atoms with van der Waals surface area (Å²) in [5.41, 5.74) is 1.78. The molecule has 7 heteroatoms. The summed E-state index contributed by atoms with van der Waals surface area (Å²) in [4.78, 5) is 35.8. The van der Waals surface area contributed by atoms with Crippen molar-refractivity contribution in [2.45, 2.75) is 26.2 Å². The number of ether oxygens (including phenoxy) is 3. The zero-order valence-electron chi connectivity index (χ0n) is 15.4. The number of rotatable bonds is 4. The van der Waals surface area contributed by atoms with Crippen molar-refractivity contribution < 1.29 is 28.6 Å². The van der Waals surface area contributed by atoms with Crippen LogP contribution >= 0.6 is 0 Å². The Morgan fingerprint density at radius 1 is 1.00 bits per heavy atom. The van der Waals surface area contributed by atoms with Gasteiger partial charge in [-0.15, -0.1) is 0 Å². The zero-order chi connectivity index (χ0) is 20.1. The second-order valence-corrected chi connectivity index (χ2v) is 6.55. The van der Waals surface area contributed by atoms with Crippen molar-refractivity contribution in [3.63, 3.8) is 0 Å². The zero-order valence-corrected chi connectivity index (χ0v) is 15.4. The fourth-order valence-electron chi connectivity index (χ4n) is 2.48. The van der Waals surface area contributed by atoms with Gasteiger partial charge in [-0.25, -0.2) is 14.4 Å². The summed E-state index contributed by atoms with van der Waals surface area (Å²) in [5.74, 6) is -2.76. The Kier molecular flexibility index (Phi) is 5.44. The van der Waals surface area contributed by atoms with Gasteiger partial charge in [-0.1, -0.05) is 42.5 Å². The van der Waals surface area contributed by atoms with Crippen molar-refractivity contribution in [3.8, 4) is 0 Å². The number of hydrogen-bond donors (Lipinski definition) is 1. The highest BCUT2D eigenvalue weighted by molar-refractivity contribution is 6.18. The minimum absolute atomic E-state index is 0.164. The van der Waals surface area contributed by atoms with E-state index in [1.165, 1.54) is 19.9 Å². The first-order valence-electron chi connectivity index (χ1n) is 8.58. The van der Waals surface area contributed by atoms with Gasteiger partial charge in [0.05, 0.1) is 0 Å². The van der Waals surface area contributed by atoms with Gasteiger partial charge >= 0.3 is 18.0 Å². The van der Waals surface area contributed by atoms with E-state index < -0.39 is 23.8 Å². The average Bonchev–Trinajstić information content (AvgIpc) is 2.64. The Bertz CT molecular complexity index is 894. The molecule has 0 unspecified atom stereocenters. The van der Waals surface area contributed by atoms with Crippen molar-refractivity contribution in [1.82, 2.24) is 0 Å². The van der Waals surface area contributed by atoms with Crippen molar-refractivity contribution in [1.29, 1.82) is 0 Å². The first-order chi connectivity index (χ1) is 13.3. The summed E-state index contributed by atoms with van der Waals surface area (Å²) in [5, 5.41) is 2.61. The maximum absolute atomic E-state index is 12.0. The summed E-state index contributed by atoms with van der Waals surface area (Å²) in [7, 11) is 0. The Morgan fingerprint density at radius 2 is 1.61 bits per heavy atom. The first-order valence-corrected chi connectivity index (χ1v) is 8.58. The molecule has 1 amide bonds. The van der Waals surface area contributed by atoms with Crippen LogP contribution in [-0.4, -0.2) is 23.8 Å². The van der Waals surface area contributed by atoms with E-state index in [-0.39, 0.29) is 12.2 Å². The number of hydrogen-bond acceptors (Lipinski definition) is 6. The Morgan fingerprint density at radius 3 is 2.21 bits per heavy atom. The lowest BCUT2D eigenvalue weighted by Crippen LogP contribution is -2.41. The third kappa shape index (κ3) is 4.97. The fraction of sp³-hybridized carbons (Fsp3) is 0.190. The topological polar surface area (TPSA) is 90.9 Å². The first kappa shape index (κ1) is 19.2. The highest BCUT2D eigenvalue weighted by Crippen LogP contribution is 2.24.